The van der Waals surface area contributed by atoms with E-state index < -0.39 is 0 Å². The highest BCUT2D eigenvalue weighted by Crippen LogP contribution is 2.07. The van der Waals surface area contributed by atoms with Gasteiger partial charge in [0.2, 0.25) is 5.91 Å². The summed E-state index contributed by atoms with van der Waals surface area (Å²) < 4.78 is 0. The van der Waals surface area contributed by atoms with E-state index in [2.05, 4.69) is 29.3 Å². The Kier molecular flexibility index (Phi) is 10.1. The number of amides is 1. The molecule has 0 fully saturated rings. The number of carbonyl (C=O) groups excluding carboxylic acids is 1. The van der Waals surface area contributed by atoms with Gasteiger partial charge in [-0.3, -0.25) is 9.69 Å². The number of nitrogens with one attached hydrogen (secondary N) is 1. The molecule has 0 spiro atoms. The van der Waals surface area contributed by atoms with Gasteiger partial charge in [0.25, 0.3) is 0 Å². The molecule has 0 unspecified atom stereocenters. The fraction of sp³-hybridized carbons (Fsp3) is 0.588. The molecule has 22 heavy (non-hydrogen) atoms. The zero-order valence-corrected chi connectivity index (χ0v) is 14.8. The second-order valence-corrected chi connectivity index (χ2v) is 6.09. The average molecular weight is 328 g/mol. The van der Waals surface area contributed by atoms with Crippen LogP contribution in [0.4, 0.5) is 0 Å². The normalized spacial score (nSPS) is 11.1. The van der Waals surface area contributed by atoms with Crippen molar-refractivity contribution >= 4 is 18.3 Å². The first kappa shape index (κ1) is 20.9. The molecule has 0 atom stereocenters. The van der Waals surface area contributed by atoms with E-state index in [1.54, 1.807) is 0 Å². The van der Waals surface area contributed by atoms with Crippen molar-refractivity contribution < 1.29 is 4.79 Å². The van der Waals surface area contributed by atoms with Gasteiger partial charge in [0, 0.05) is 25.2 Å². The van der Waals surface area contributed by atoms with Crippen LogP contribution < -0.4 is 11.1 Å². The number of carbonyl (C=O) groups is 1. The first-order chi connectivity index (χ1) is 9.96. The molecule has 5 heteroatoms. The Bertz CT molecular complexity index is 423. The van der Waals surface area contributed by atoms with Gasteiger partial charge in [-0.1, -0.05) is 37.3 Å². The number of benzene rings is 1. The second kappa shape index (κ2) is 10.6. The number of hydrogen-bond acceptors (Lipinski definition) is 3. The first-order valence-corrected chi connectivity index (χ1v) is 7.74. The maximum atomic E-state index is 12.1. The molecule has 1 aromatic rings. The maximum Gasteiger partial charge on any atom is 0.234 e. The van der Waals surface area contributed by atoms with Crippen molar-refractivity contribution in [2.75, 3.05) is 26.2 Å². The molecule has 0 saturated heterocycles. The van der Waals surface area contributed by atoms with E-state index >= 15 is 0 Å². The van der Waals surface area contributed by atoms with Gasteiger partial charge in [-0.2, -0.15) is 0 Å². The molecule has 0 aliphatic heterocycles. The minimum atomic E-state index is -0.148. The Morgan fingerprint density at radius 2 is 1.86 bits per heavy atom. The zero-order valence-electron chi connectivity index (χ0n) is 14.0. The molecule has 126 valence electrons. The summed E-state index contributed by atoms with van der Waals surface area (Å²) in [7, 11) is 0. The van der Waals surface area contributed by atoms with Gasteiger partial charge in [0.1, 0.15) is 0 Å². The summed E-state index contributed by atoms with van der Waals surface area (Å²) in [5, 5.41) is 3.07. The topological polar surface area (TPSA) is 58.4 Å². The smallest absolute Gasteiger partial charge is 0.234 e. The number of halogens is 1. The third-order valence-electron chi connectivity index (χ3n) is 3.73. The van der Waals surface area contributed by atoms with Gasteiger partial charge in [-0.15, -0.1) is 12.4 Å². The summed E-state index contributed by atoms with van der Waals surface area (Å²) in [5.74, 6) is 0.0726. The molecule has 1 aromatic carbocycles. The first-order valence-electron chi connectivity index (χ1n) is 7.74. The molecular formula is C17H30ClN3O. The monoisotopic (exact) mass is 327 g/mol. The molecule has 0 aromatic heterocycles. The summed E-state index contributed by atoms with van der Waals surface area (Å²) in [6.07, 6.45) is 1.85. The van der Waals surface area contributed by atoms with Crippen molar-refractivity contribution in [2.45, 2.75) is 39.2 Å². The lowest BCUT2D eigenvalue weighted by Crippen LogP contribution is -2.48. The van der Waals surface area contributed by atoms with E-state index in [9.17, 15) is 4.79 Å². The average Bonchev–Trinajstić information content (AvgIpc) is 2.45. The zero-order chi connectivity index (χ0) is 15.7. The van der Waals surface area contributed by atoms with Crippen LogP contribution in [0, 0.1) is 0 Å². The highest BCUT2D eigenvalue weighted by atomic mass is 35.5. The van der Waals surface area contributed by atoms with Crippen LogP contribution >= 0.6 is 12.4 Å². The van der Waals surface area contributed by atoms with Crippen LogP contribution in [0.2, 0.25) is 0 Å². The van der Waals surface area contributed by atoms with Gasteiger partial charge in [0.05, 0.1) is 6.54 Å². The quantitative estimate of drug-likeness (QED) is 0.731. The third kappa shape index (κ3) is 8.37. The van der Waals surface area contributed by atoms with Crippen LogP contribution in [-0.4, -0.2) is 42.5 Å². The van der Waals surface area contributed by atoms with Crippen molar-refractivity contribution in [1.82, 2.24) is 10.2 Å². The lowest BCUT2D eigenvalue weighted by atomic mass is 10.0. The Labute approximate surface area is 140 Å². The Morgan fingerprint density at radius 3 is 2.41 bits per heavy atom. The summed E-state index contributed by atoms with van der Waals surface area (Å²) >= 11 is 0. The van der Waals surface area contributed by atoms with Crippen molar-refractivity contribution in [2.24, 2.45) is 5.73 Å². The fourth-order valence-electron chi connectivity index (χ4n) is 2.09. The van der Waals surface area contributed by atoms with E-state index in [4.69, 9.17) is 5.73 Å². The molecule has 4 nitrogen and oxygen atoms in total. The van der Waals surface area contributed by atoms with Crippen LogP contribution in [0.25, 0.3) is 0 Å². The molecule has 0 heterocycles. The molecule has 0 bridgehead atoms. The Morgan fingerprint density at radius 1 is 1.23 bits per heavy atom. The lowest BCUT2D eigenvalue weighted by Gasteiger charge is -2.27. The minimum Gasteiger partial charge on any atom is -0.350 e. The Balaban J connectivity index is 0.00000441. The molecule has 3 N–H and O–H groups in total. The maximum absolute atomic E-state index is 12.1. The molecular weight excluding hydrogens is 298 g/mol. The molecule has 0 aliphatic rings. The highest BCUT2D eigenvalue weighted by molar-refractivity contribution is 5.85. The highest BCUT2D eigenvalue weighted by Gasteiger charge is 2.19. The van der Waals surface area contributed by atoms with E-state index in [1.165, 1.54) is 5.56 Å². The Hall–Kier alpha value is -1.10. The number of rotatable bonds is 9. The van der Waals surface area contributed by atoms with Crippen molar-refractivity contribution in [3.63, 3.8) is 0 Å². The van der Waals surface area contributed by atoms with Gasteiger partial charge >= 0.3 is 0 Å². The number of nitrogens with two attached hydrogens (primary N) is 1. The molecule has 1 rings (SSSR count). The lowest BCUT2D eigenvalue weighted by molar-refractivity contribution is -0.123. The molecule has 1 amide bonds. The van der Waals surface area contributed by atoms with Crippen molar-refractivity contribution in [3.05, 3.63) is 35.9 Å². The molecule has 0 aliphatic carbocycles. The summed E-state index contributed by atoms with van der Waals surface area (Å²) in [5.41, 5.74) is 6.79. The van der Waals surface area contributed by atoms with Crippen LogP contribution in [-0.2, 0) is 11.2 Å². The van der Waals surface area contributed by atoms with Crippen LogP contribution in [0.5, 0.6) is 0 Å². The number of hydrogen-bond donors (Lipinski definition) is 2. The van der Waals surface area contributed by atoms with Gasteiger partial charge in [-0.25, -0.2) is 0 Å². The summed E-state index contributed by atoms with van der Waals surface area (Å²) in [6, 6.07) is 10.3. The summed E-state index contributed by atoms with van der Waals surface area (Å²) in [4.78, 5) is 14.2. The van der Waals surface area contributed by atoms with E-state index in [1.807, 2.05) is 32.0 Å². The van der Waals surface area contributed by atoms with Gasteiger partial charge in [-0.05, 0) is 32.3 Å². The predicted molar refractivity (Wildman–Crippen MR) is 95.4 cm³/mol. The SMILES string of the molecule is CCC(C)(C)NC(=O)CN(CCN)CCc1ccccc1.Cl. The summed E-state index contributed by atoms with van der Waals surface area (Å²) in [6.45, 7) is 8.73. The van der Waals surface area contributed by atoms with E-state index in [0.29, 0.717) is 13.1 Å². The van der Waals surface area contributed by atoms with E-state index in [0.717, 1.165) is 25.9 Å². The van der Waals surface area contributed by atoms with Crippen LogP contribution in [0.3, 0.4) is 0 Å². The van der Waals surface area contributed by atoms with Crippen molar-refractivity contribution in [3.8, 4) is 0 Å². The van der Waals surface area contributed by atoms with Crippen LogP contribution in [0.1, 0.15) is 32.8 Å². The predicted octanol–water partition coefficient (Wildman–Crippen LogP) is 2.22. The second-order valence-electron chi connectivity index (χ2n) is 6.09. The third-order valence-corrected chi connectivity index (χ3v) is 3.73. The van der Waals surface area contributed by atoms with Crippen LogP contribution in [0.15, 0.2) is 30.3 Å². The standard InChI is InChI=1S/C17H29N3O.ClH/c1-4-17(2,3)19-16(21)14-20(13-11-18)12-10-15-8-6-5-7-9-15;/h5-9H,4,10-14,18H2,1-3H3,(H,19,21);1H. The van der Waals surface area contributed by atoms with Gasteiger partial charge in [0.15, 0.2) is 0 Å². The van der Waals surface area contributed by atoms with E-state index in [-0.39, 0.29) is 23.9 Å². The number of nitrogens with zero attached hydrogens (tertiary/aromatic N) is 1. The molecule has 0 radical (unpaired) electrons. The minimum absolute atomic E-state index is 0. The molecule has 0 saturated carbocycles. The largest absolute Gasteiger partial charge is 0.350 e. The van der Waals surface area contributed by atoms with Crippen molar-refractivity contribution in [1.29, 1.82) is 0 Å². The fourth-order valence-corrected chi connectivity index (χ4v) is 2.09. The van der Waals surface area contributed by atoms with Gasteiger partial charge < -0.3 is 11.1 Å².